The van der Waals surface area contributed by atoms with Crippen molar-refractivity contribution < 1.29 is 9.84 Å². The van der Waals surface area contributed by atoms with Gasteiger partial charge in [0.25, 0.3) is 0 Å². The van der Waals surface area contributed by atoms with Gasteiger partial charge < -0.3 is 20.1 Å². The molecule has 0 aromatic heterocycles. The number of hydrogen-bond acceptors (Lipinski definition) is 4. The van der Waals surface area contributed by atoms with Crippen LogP contribution in [0.1, 0.15) is 46.0 Å². The van der Waals surface area contributed by atoms with Crippen LogP contribution in [0.15, 0.2) is 0 Å². The van der Waals surface area contributed by atoms with Crippen molar-refractivity contribution in [2.45, 2.75) is 57.5 Å². The standard InChI is InChI=1S/C16H34N2O2/c1-14(2)17-16(13-19)9-5-7-15(16)8-11-18(3)10-6-12-20-4/h14-15,17,19H,5-13H2,1-4H3. The molecular weight excluding hydrogens is 252 g/mol. The molecule has 0 bridgehead atoms. The first-order valence-corrected chi connectivity index (χ1v) is 8.10. The van der Waals surface area contributed by atoms with Crippen molar-refractivity contribution in [3.63, 3.8) is 0 Å². The van der Waals surface area contributed by atoms with Crippen LogP contribution in [0.2, 0.25) is 0 Å². The highest BCUT2D eigenvalue weighted by atomic mass is 16.5. The van der Waals surface area contributed by atoms with Gasteiger partial charge in [0.2, 0.25) is 0 Å². The number of aliphatic hydroxyl groups excluding tert-OH is 1. The van der Waals surface area contributed by atoms with Crippen LogP contribution in [0.25, 0.3) is 0 Å². The maximum atomic E-state index is 9.88. The van der Waals surface area contributed by atoms with E-state index in [4.69, 9.17) is 4.74 Å². The fourth-order valence-corrected chi connectivity index (χ4v) is 3.55. The van der Waals surface area contributed by atoms with Crippen molar-refractivity contribution in [1.82, 2.24) is 10.2 Å². The Labute approximate surface area is 124 Å². The second kappa shape index (κ2) is 8.98. The number of nitrogens with one attached hydrogen (secondary N) is 1. The van der Waals surface area contributed by atoms with Gasteiger partial charge in [0.15, 0.2) is 0 Å². The lowest BCUT2D eigenvalue weighted by atomic mass is 9.84. The Morgan fingerprint density at radius 1 is 1.40 bits per heavy atom. The summed E-state index contributed by atoms with van der Waals surface area (Å²) in [5.41, 5.74) is -0.0401. The summed E-state index contributed by atoms with van der Waals surface area (Å²) < 4.78 is 5.09. The molecule has 1 saturated carbocycles. The van der Waals surface area contributed by atoms with E-state index < -0.39 is 0 Å². The van der Waals surface area contributed by atoms with E-state index in [0.717, 1.165) is 32.5 Å². The second-order valence-electron chi connectivity index (χ2n) is 6.64. The fourth-order valence-electron chi connectivity index (χ4n) is 3.55. The number of hydrogen-bond donors (Lipinski definition) is 2. The zero-order valence-electron chi connectivity index (χ0n) is 13.8. The van der Waals surface area contributed by atoms with Gasteiger partial charge in [0.1, 0.15) is 0 Å². The van der Waals surface area contributed by atoms with Gasteiger partial charge in [-0.05, 0) is 45.2 Å². The molecule has 0 aliphatic heterocycles. The SMILES string of the molecule is COCCCN(C)CCC1CCCC1(CO)NC(C)C. The van der Waals surface area contributed by atoms with Crippen LogP contribution in [-0.2, 0) is 4.74 Å². The van der Waals surface area contributed by atoms with Crippen molar-refractivity contribution in [3.05, 3.63) is 0 Å². The zero-order chi connectivity index (χ0) is 15.0. The maximum absolute atomic E-state index is 9.88. The quantitative estimate of drug-likeness (QED) is 0.602. The normalized spacial score (nSPS) is 26.9. The van der Waals surface area contributed by atoms with Gasteiger partial charge in [-0.25, -0.2) is 0 Å². The summed E-state index contributed by atoms with van der Waals surface area (Å²) in [6.45, 7) is 7.64. The monoisotopic (exact) mass is 286 g/mol. The average molecular weight is 286 g/mol. The van der Waals surface area contributed by atoms with Crippen molar-refractivity contribution in [2.24, 2.45) is 5.92 Å². The average Bonchev–Trinajstić information content (AvgIpc) is 2.79. The van der Waals surface area contributed by atoms with Crippen LogP contribution in [0.3, 0.4) is 0 Å². The minimum atomic E-state index is -0.0401. The molecule has 2 N–H and O–H groups in total. The van der Waals surface area contributed by atoms with Crippen LogP contribution in [-0.4, -0.2) is 62.0 Å². The molecule has 0 spiro atoms. The Balaban J connectivity index is 2.40. The number of nitrogens with zero attached hydrogens (tertiary/aromatic N) is 1. The smallest absolute Gasteiger partial charge is 0.0616 e. The largest absolute Gasteiger partial charge is 0.394 e. The van der Waals surface area contributed by atoms with Gasteiger partial charge in [-0.2, -0.15) is 0 Å². The highest BCUT2D eigenvalue weighted by Gasteiger charge is 2.42. The summed E-state index contributed by atoms with van der Waals surface area (Å²) in [4.78, 5) is 2.38. The number of aliphatic hydroxyl groups is 1. The molecule has 4 heteroatoms. The van der Waals surface area contributed by atoms with Crippen molar-refractivity contribution in [1.29, 1.82) is 0 Å². The third-order valence-corrected chi connectivity index (χ3v) is 4.56. The summed E-state index contributed by atoms with van der Waals surface area (Å²) in [6, 6.07) is 0.433. The summed E-state index contributed by atoms with van der Waals surface area (Å²) in [5.74, 6) is 0.597. The van der Waals surface area contributed by atoms with E-state index in [0.29, 0.717) is 12.0 Å². The van der Waals surface area contributed by atoms with Gasteiger partial charge in [0, 0.05) is 31.8 Å². The minimum absolute atomic E-state index is 0.0401. The van der Waals surface area contributed by atoms with Crippen molar-refractivity contribution in [2.75, 3.05) is 40.5 Å². The van der Waals surface area contributed by atoms with E-state index >= 15 is 0 Å². The molecular formula is C16H34N2O2. The molecule has 0 aromatic carbocycles. The van der Waals surface area contributed by atoms with E-state index in [2.05, 4.69) is 31.1 Å². The van der Waals surface area contributed by atoms with Crippen LogP contribution < -0.4 is 5.32 Å². The van der Waals surface area contributed by atoms with E-state index in [1.807, 2.05) is 0 Å². The van der Waals surface area contributed by atoms with E-state index in [1.165, 1.54) is 19.3 Å². The Bertz CT molecular complexity index is 261. The third-order valence-electron chi connectivity index (χ3n) is 4.56. The molecule has 0 amide bonds. The Kier molecular flexibility index (Phi) is 8.03. The number of rotatable bonds is 10. The summed E-state index contributed by atoms with van der Waals surface area (Å²) in [5, 5.41) is 13.5. The maximum Gasteiger partial charge on any atom is 0.0616 e. The van der Waals surface area contributed by atoms with Crippen molar-refractivity contribution in [3.8, 4) is 0 Å². The lowest BCUT2D eigenvalue weighted by molar-refractivity contribution is 0.104. The summed E-state index contributed by atoms with van der Waals surface area (Å²) >= 11 is 0. The number of ether oxygens (including phenoxy) is 1. The first kappa shape index (κ1) is 17.9. The highest BCUT2D eigenvalue weighted by Crippen LogP contribution is 2.38. The topological polar surface area (TPSA) is 44.7 Å². The van der Waals surface area contributed by atoms with Gasteiger partial charge in [-0.3, -0.25) is 0 Å². The van der Waals surface area contributed by atoms with Crippen LogP contribution in [0.4, 0.5) is 0 Å². The summed E-state index contributed by atoms with van der Waals surface area (Å²) in [6.07, 6.45) is 5.85. The molecule has 20 heavy (non-hydrogen) atoms. The van der Waals surface area contributed by atoms with Gasteiger partial charge in [-0.1, -0.05) is 20.3 Å². The van der Waals surface area contributed by atoms with E-state index in [1.54, 1.807) is 7.11 Å². The molecule has 1 aliphatic carbocycles. The Morgan fingerprint density at radius 3 is 2.75 bits per heavy atom. The molecule has 0 aromatic rings. The van der Waals surface area contributed by atoms with Crippen molar-refractivity contribution >= 4 is 0 Å². The molecule has 0 radical (unpaired) electrons. The number of methoxy groups -OCH3 is 1. The molecule has 2 atom stereocenters. The molecule has 4 nitrogen and oxygen atoms in total. The fraction of sp³-hybridized carbons (Fsp3) is 1.00. The van der Waals surface area contributed by atoms with Crippen LogP contribution in [0, 0.1) is 5.92 Å². The minimum Gasteiger partial charge on any atom is -0.394 e. The van der Waals surface area contributed by atoms with E-state index in [-0.39, 0.29) is 12.1 Å². The molecule has 1 aliphatic rings. The zero-order valence-corrected chi connectivity index (χ0v) is 13.8. The van der Waals surface area contributed by atoms with Crippen LogP contribution >= 0.6 is 0 Å². The first-order valence-electron chi connectivity index (χ1n) is 8.10. The lowest BCUT2D eigenvalue weighted by Gasteiger charge is -2.37. The van der Waals surface area contributed by atoms with Gasteiger partial charge in [-0.15, -0.1) is 0 Å². The van der Waals surface area contributed by atoms with Crippen LogP contribution in [0.5, 0.6) is 0 Å². The third kappa shape index (κ3) is 5.32. The van der Waals surface area contributed by atoms with E-state index in [9.17, 15) is 5.11 Å². The Hall–Kier alpha value is -0.160. The predicted molar refractivity (Wildman–Crippen MR) is 84.0 cm³/mol. The Morgan fingerprint density at radius 2 is 2.15 bits per heavy atom. The molecule has 2 unspecified atom stereocenters. The molecule has 1 rings (SSSR count). The summed E-state index contributed by atoms with van der Waals surface area (Å²) in [7, 11) is 3.94. The molecule has 0 heterocycles. The highest BCUT2D eigenvalue weighted by molar-refractivity contribution is 4.99. The molecule has 120 valence electrons. The molecule has 1 fully saturated rings. The second-order valence-corrected chi connectivity index (χ2v) is 6.64. The first-order chi connectivity index (χ1) is 9.54. The van der Waals surface area contributed by atoms with Gasteiger partial charge >= 0.3 is 0 Å². The molecule has 0 saturated heterocycles. The lowest BCUT2D eigenvalue weighted by Crippen LogP contribution is -2.54. The van der Waals surface area contributed by atoms with Gasteiger partial charge in [0.05, 0.1) is 6.61 Å². The predicted octanol–water partition coefficient (Wildman–Crippen LogP) is 1.87.